The van der Waals surface area contributed by atoms with Gasteiger partial charge in [-0.1, -0.05) is 23.7 Å². The van der Waals surface area contributed by atoms with E-state index < -0.39 is 0 Å². The fourth-order valence-electron chi connectivity index (χ4n) is 1.39. The molecule has 1 heterocycles. The second-order valence-electron chi connectivity index (χ2n) is 3.07. The van der Waals surface area contributed by atoms with Crippen LogP contribution in [0.3, 0.4) is 0 Å². The van der Waals surface area contributed by atoms with E-state index in [2.05, 4.69) is 4.98 Å². The van der Waals surface area contributed by atoms with E-state index in [1.54, 1.807) is 13.3 Å². The third kappa shape index (κ3) is 2.10. The summed E-state index contributed by atoms with van der Waals surface area (Å²) >= 11 is 6.00. The van der Waals surface area contributed by atoms with Gasteiger partial charge in [0, 0.05) is 11.8 Å². The van der Waals surface area contributed by atoms with E-state index in [0.717, 1.165) is 16.9 Å². The van der Waals surface area contributed by atoms with Gasteiger partial charge in [-0.2, -0.15) is 0 Å². The van der Waals surface area contributed by atoms with Gasteiger partial charge in [0.15, 0.2) is 0 Å². The van der Waals surface area contributed by atoms with E-state index in [4.69, 9.17) is 16.3 Å². The lowest BCUT2D eigenvalue weighted by molar-refractivity contribution is 0.415. The minimum atomic E-state index is 0.505. The number of nitrogens with zero attached hydrogens (tertiary/aromatic N) is 1. The monoisotopic (exact) mass is 219 g/mol. The minimum Gasteiger partial charge on any atom is -0.497 e. The van der Waals surface area contributed by atoms with Crippen LogP contribution in [0.2, 0.25) is 5.15 Å². The van der Waals surface area contributed by atoms with Gasteiger partial charge in [0.2, 0.25) is 0 Å². The summed E-state index contributed by atoms with van der Waals surface area (Å²) in [6, 6.07) is 11.5. The van der Waals surface area contributed by atoms with Crippen LogP contribution >= 0.6 is 11.6 Å². The topological polar surface area (TPSA) is 22.1 Å². The summed E-state index contributed by atoms with van der Waals surface area (Å²) in [6.07, 6.45) is 1.67. The van der Waals surface area contributed by atoms with Gasteiger partial charge in [-0.15, -0.1) is 0 Å². The van der Waals surface area contributed by atoms with E-state index in [1.165, 1.54) is 0 Å². The molecule has 0 saturated carbocycles. The summed E-state index contributed by atoms with van der Waals surface area (Å²) < 4.78 is 5.15. The molecule has 0 bridgehead atoms. The van der Waals surface area contributed by atoms with E-state index in [9.17, 15) is 0 Å². The van der Waals surface area contributed by atoms with Crippen LogP contribution < -0.4 is 4.74 Å². The zero-order valence-electron chi connectivity index (χ0n) is 8.27. The molecule has 2 rings (SSSR count). The van der Waals surface area contributed by atoms with Crippen molar-refractivity contribution in [1.82, 2.24) is 4.98 Å². The standard InChI is InChI=1S/C12H10ClNO/c1-15-10-5-2-4-9(8-10)11-6-3-7-14-12(11)13/h2-8H,1H3. The minimum absolute atomic E-state index is 0.505. The maximum atomic E-state index is 6.00. The molecule has 1 aromatic carbocycles. The Bertz CT molecular complexity index is 471. The average molecular weight is 220 g/mol. The number of aromatic nitrogens is 1. The molecule has 0 fully saturated rings. The molecule has 0 unspecified atom stereocenters. The van der Waals surface area contributed by atoms with E-state index in [0.29, 0.717) is 5.15 Å². The fourth-order valence-corrected chi connectivity index (χ4v) is 1.62. The number of ether oxygens (including phenoxy) is 1. The maximum Gasteiger partial charge on any atom is 0.136 e. The highest BCUT2D eigenvalue weighted by Crippen LogP contribution is 2.28. The molecule has 15 heavy (non-hydrogen) atoms. The molecule has 0 N–H and O–H groups in total. The molecule has 2 nitrogen and oxygen atoms in total. The van der Waals surface area contributed by atoms with Crippen molar-refractivity contribution in [1.29, 1.82) is 0 Å². The Morgan fingerprint density at radius 3 is 2.80 bits per heavy atom. The predicted molar refractivity (Wildman–Crippen MR) is 61.2 cm³/mol. The van der Waals surface area contributed by atoms with Crippen LogP contribution in [-0.2, 0) is 0 Å². The van der Waals surface area contributed by atoms with Gasteiger partial charge >= 0.3 is 0 Å². The second-order valence-corrected chi connectivity index (χ2v) is 3.43. The summed E-state index contributed by atoms with van der Waals surface area (Å²) in [5.74, 6) is 0.812. The summed E-state index contributed by atoms with van der Waals surface area (Å²) in [4.78, 5) is 4.04. The molecular formula is C12H10ClNO. The zero-order chi connectivity index (χ0) is 10.7. The van der Waals surface area contributed by atoms with Crippen molar-refractivity contribution in [3.8, 4) is 16.9 Å². The molecule has 0 atom stereocenters. The Morgan fingerprint density at radius 2 is 2.07 bits per heavy atom. The number of hydrogen-bond donors (Lipinski definition) is 0. The zero-order valence-corrected chi connectivity index (χ0v) is 9.03. The highest BCUT2D eigenvalue weighted by atomic mass is 35.5. The summed E-state index contributed by atoms with van der Waals surface area (Å²) in [6.45, 7) is 0. The van der Waals surface area contributed by atoms with Crippen LogP contribution in [0, 0.1) is 0 Å². The molecule has 0 aliphatic carbocycles. The average Bonchev–Trinajstić information content (AvgIpc) is 2.30. The lowest BCUT2D eigenvalue weighted by Crippen LogP contribution is -1.85. The highest BCUT2D eigenvalue weighted by molar-refractivity contribution is 6.32. The number of hydrogen-bond acceptors (Lipinski definition) is 2. The largest absolute Gasteiger partial charge is 0.497 e. The van der Waals surface area contributed by atoms with Crippen molar-refractivity contribution in [2.24, 2.45) is 0 Å². The van der Waals surface area contributed by atoms with Crippen molar-refractivity contribution in [2.45, 2.75) is 0 Å². The Morgan fingerprint density at radius 1 is 1.20 bits per heavy atom. The molecule has 0 amide bonds. The van der Waals surface area contributed by atoms with Gasteiger partial charge in [-0.25, -0.2) is 4.98 Å². The third-order valence-electron chi connectivity index (χ3n) is 2.14. The van der Waals surface area contributed by atoms with Crippen LogP contribution in [-0.4, -0.2) is 12.1 Å². The van der Waals surface area contributed by atoms with Gasteiger partial charge < -0.3 is 4.74 Å². The molecular weight excluding hydrogens is 210 g/mol. The molecule has 0 saturated heterocycles. The van der Waals surface area contributed by atoms with Crippen LogP contribution in [0.15, 0.2) is 42.6 Å². The Kier molecular flexibility index (Phi) is 2.88. The first kappa shape index (κ1) is 9.99. The lowest BCUT2D eigenvalue weighted by atomic mass is 10.1. The highest BCUT2D eigenvalue weighted by Gasteiger charge is 2.03. The first-order valence-corrected chi connectivity index (χ1v) is 4.94. The van der Waals surface area contributed by atoms with Gasteiger partial charge in [-0.05, 0) is 29.8 Å². The number of rotatable bonds is 2. The van der Waals surface area contributed by atoms with Crippen molar-refractivity contribution >= 4 is 11.6 Å². The number of pyridine rings is 1. The van der Waals surface area contributed by atoms with Crippen LogP contribution in [0.1, 0.15) is 0 Å². The van der Waals surface area contributed by atoms with E-state index >= 15 is 0 Å². The van der Waals surface area contributed by atoms with Crippen LogP contribution in [0.5, 0.6) is 5.75 Å². The lowest BCUT2D eigenvalue weighted by Gasteiger charge is -2.05. The molecule has 76 valence electrons. The smallest absolute Gasteiger partial charge is 0.136 e. The number of methoxy groups -OCH3 is 1. The van der Waals surface area contributed by atoms with Crippen molar-refractivity contribution in [2.75, 3.05) is 7.11 Å². The maximum absolute atomic E-state index is 6.00. The van der Waals surface area contributed by atoms with Crippen molar-refractivity contribution in [3.05, 3.63) is 47.7 Å². The number of benzene rings is 1. The molecule has 2 aromatic rings. The molecule has 0 aliphatic heterocycles. The second kappa shape index (κ2) is 4.32. The molecule has 1 aromatic heterocycles. The van der Waals surface area contributed by atoms with Crippen molar-refractivity contribution < 1.29 is 4.74 Å². The van der Waals surface area contributed by atoms with Gasteiger partial charge in [0.25, 0.3) is 0 Å². The summed E-state index contributed by atoms with van der Waals surface area (Å²) in [5, 5.41) is 0.505. The van der Waals surface area contributed by atoms with Gasteiger partial charge in [-0.3, -0.25) is 0 Å². The Labute approximate surface area is 93.5 Å². The number of halogens is 1. The normalized spacial score (nSPS) is 10.0. The fraction of sp³-hybridized carbons (Fsp3) is 0.0833. The molecule has 0 radical (unpaired) electrons. The Hall–Kier alpha value is -1.54. The van der Waals surface area contributed by atoms with Crippen molar-refractivity contribution in [3.63, 3.8) is 0 Å². The SMILES string of the molecule is COc1cccc(-c2cccnc2Cl)c1. The summed E-state index contributed by atoms with van der Waals surface area (Å²) in [7, 11) is 1.64. The molecule has 0 spiro atoms. The van der Waals surface area contributed by atoms with Gasteiger partial charge in [0.1, 0.15) is 10.9 Å². The quantitative estimate of drug-likeness (QED) is 0.723. The van der Waals surface area contributed by atoms with E-state index in [-0.39, 0.29) is 0 Å². The van der Waals surface area contributed by atoms with Crippen LogP contribution in [0.25, 0.3) is 11.1 Å². The van der Waals surface area contributed by atoms with E-state index in [1.807, 2.05) is 36.4 Å². The predicted octanol–water partition coefficient (Wildman–Crippen LogP) is 3.41. The molecule has 3 heteroatoms. The third-order valence-corrected chi connectivity index (χ3v) is 2.44. The molecule has 0 aliphatic rings. The van der Waals surface area contributed by atoms with Crippen LogP contribution in [0.4, 0.5) is 0 Å². The first-order valence-electron chi connectivity index (χ1n) is 4.56. The first-order chi connectivity index (χ1) is 7.31. The summed E-state index contributed by atoms with van der Waals surface area (Å²) in [5.41, 5.74) is 1.92. The van der Waals surface area contributed by atoms with Gasteiger partial charge in [0.05, 0.1) is 7.11 Å². The Balaban J connectivity index is 2.49.